The van der Waals surface area contributed by atoms with E-state index >= 15 is 0 Å². The van der Waals surface area contributed by atoms with E-state index in [0.29, 0.717) is 5.56 Å². The summed E-state index contributed by atoms with van der Waals surface area (Å²) in [6.07, 6.45) is 0. The molecule has 4 nitrogen and oxygen atoms in total. The third-order valence-electron chi connectivity index (χ3n) is 1.99. The minimum Gasteiger partial charge on any atom is -0.508 e. The van der Waals surface area contributed by atoms with Gasteiger partial charge in [0, 0.05) is 17.2 Å². The largest absolute Gasteiger partial charge is 0.508 e. The summed E-state index contributed by atoms with van der Waals surface area (Å²) >= 11 is 0. The van der Waals surface area contributed by atoms with Gasteiger partial charge in [0.2, 0.25) is 5.91 Å². The maximum Gasteiger partial charge on any atom is 0.249 e. The summed E-state index contributed by atoms with van der Waals surface area (Å²) in [7, 11) is 0. The van der Waals surface area contributed by atoms with Crippen molar-refractivity contribution in [1.82, 2.24) is 0 Å². The molecule has 1 rings (SSSR count). The molecule has 0 atom stereocenters. The van der Waals surface area contributed by atoms with Crippen LogP contribution in [0.15, 0.2) is 12.1 Å². The van der Waals surface area contributed by atoms with Crippen LogP contribution in [0.25, 0.3) is 0 Å². The van der Waals surface area contributed by atoms with Crippen LogP contribution in [0.2, 0.25) is 0 Å². The Morgan fingerprint density at radius 2 is 1.93 bits per heavy atom. The number of benzene rings is 1. The highest BCUT2D eigenvalue weighted by atomic mass is 16.3. The van der Waals surface area contributed by atoms with E-state index in [1.165, 1.54) is 12.1 Å². The highest BCUT2D eigenvalue weighted by molar-refractivity contribution is 5.95. The first-order valence-electron chi connectivity index (χ1n) is 4.29. The van der Waals surface area contributed by atoms with Gasteiger partial charge in [-0.25, -0.2) is 0 Å². The second-order valence-corrected chi connectivity index (χ2v) is 3.45. The van der Waals surface area contributed by atoms with Crippen molar-refractivity contribution in [3.63, 3.8) is 0 Å². The molecule has 0 aliphatic rings. The molecule has 0 bridgehead atoms. The minimum absolute atomic E-state index is 0.0295. The molecular formula is C10H13NO3. The van der Waals surface area contributed by atoms with Gasteiger partial charge >= 0.3 is 0 Å². The topological polar surface area (TPSA) is 83.6 Å². The number of amides is 1. The zero-order valence-corrected chi connectivity index (χ0v) is 8.11. The molecule has 0 saturated carbocycles. The summed E-state index contributed by atoms with van der Waals surface area (Å²) in [6.45, 7) is 3.66. The van der Waals surface area contributed by atoms with Gasteiger partial charge in [-0.1, -0.05) is 13.8 Å². The molecule has 1 aromatic carbocycles. The van der Waals surface area contributed by atoms with E-state index in [1.807, 2.05) is 13.8 Å². The van der Waals surface area contributed by atoms with Crippen molar-refractivity contribution in [3.8, 4) is 11.5 Å². The van der Waals surface area contributed by atoms with Crippen LogP contribution in [-0.2, 0) is 0 Å². The Kier molecular flexibility index (Phi) is 2.65. The fourth-order valence-corrected chi connectivity index (χ4v) is 1.43. The van der Waals surface area contributed by atoms with Crippen LogP contribution in [0, 0.1) is 0 Å². The van der Waals surface area contributed by atoms with Crippen molar-refractivity contribution in [2.75, 3.05) is 0 Å². The van der Waals surface area contributed by atoms with Crippen LogP contribution in [-0.4, -0.2) is 16.1 Å². The smallest absolute Gasteiger partial charge is 0.249 e. The lowest BCUT2D eigenvalue weighted by Crippen LogP contribution is -2.14. The zero-order chi connectivity index (χ0) is 10.9. The molecular weight excluding hydrogens is 182 g/mol. The van der Waals surface area contributed by atoms with Gasteiger partial charge < -0.3 is 15.9 Å². The van der Waals surface area contributed by atoms with Crippen LogP contribution >= 0.6 is 0 Å². The average Bonchev–Trinajstić information content (AvgIpc) is 2.01. The highest BCUT2D eigenvalue weighted by Crippen LogP contribution is 2.32. The van der Waals surface area contributed by atoms with Gasteiger partial charge in [0.05, 0.1) is 0 Å². The number of nitrogens with two attached hydrogens (primary N) is 1. The fraction of sp³-hybridized carbons (Fsp3) is 0.300. The van der Waals surface area contributed by atoms with Crippen molar-refractivity contribution in [2.45, 2.75) is 19.8 Å². The Labute approximate surface area is 82.0 Å². The molecule has 4 heteroatoms. The van der Waals surface area contributed by atoms with Crippen LogP contribution in [0.5, 0.6) is 11.5 Å². The third-order valence-corrected chi connectivity index (χ3v) is 1.99. The van der Waals surface area contributed by atoms with Crippen molar-refractivity contribution in [3.05, 3.63) is 23.3 Å². The molecule has 0 spiro atoms. The lowest BCUT2D eigenvalue weighted by atomic mass is 9.95. The molecule has 0 aliphatic carbocycles. The number of hydrogen-bond donors (Lipinski definition) is 3. The second-order valence-electron chi connectivity index (χ2n) is 3.45. The average molecular weight is 195 g/mol. The number of primary amides is 1. The van der Waals surface area contributed by atoms with Gasteiger partial charge in [0.1, 0.15) is 11.5 Å². The van der Waals surface area contributed by atoms with E-state index in [4.69, 9.17) is 5.73 Å². The first kappa shape index (κ1) is 10.4. The normalized spacial score (nSPS) is 10.5. The van der Waals surface area contributed by atoms with Gasteiger partial charge in [0.25, 0.3) is 0 Å². The molecule has 0 saturated heterocycles. The summed E-state index contributed by atoms with van der Waals surface area (Å²) in [5, 5.41) is 18.7. The van der Waals surface area contributed by atoms with Crippen molar-refractivity contribution >= 4 is 5.91 Å². The van der Waals surface area contributed by atoms with Gasteiger partial charge in [-0.05, 0) is 12.0 Å². The molecule has 0 aliphatic heterocycles. The molecule has 4 N–H and O–H groups in total. The molecule has 76 valence electrons. The predicted molar refractivity (Wildman–Crippen MR) is 52.4 cm³/mol. The summed E-state index contributed by atoms with van der Waals surface area (Å²) in [5.74, 6) is -0.951. The molecule has 0 radical (unpaired) electrons. The predicted octanol–water partition coefficient (Wildman–Crippen LogP) is 1.32. The molecule has 0 unspecified atom stereocenters. The van der Waals surface area contributed by atoms with Crippen molar-refractivity contribution < 1.29 is 15.0 Å². The molecule has 0 heterocycles. The number of aromatic hydroxyl groups is 2. The highest BCUT2D eigenvalue weighted by Gasteiger charge is 2.16. The van der Waals surface area contributed by atoms with E-state index in [1.54, 1.807) is 0 Å². The first-order valence-corrected chi connectivity index (χ1v) is 4.29. The van der Waals surface area contributed by atoms with Crippen LogP contribution in [0.3, 0.4) is 0 Å². The van der Waals surface area contributed by atoms with Crippen LogP contribution < -0.4 is 5.73 Å². The number of carbonyl (C=O) groups excluding carboxylic acids is 1. The lowest BCUT2D eigenvalue weighted by Gasteiger charge is -2.12. The summed E-state index contributed by atoms with van der Waals surface area (Å²) in [6, 6.07) is 2.46. The summed E-state index contributed by atoms with van der Waals surface area (Å²) in [5.41, 5.74) is 5.76. The van der Waals surface area contributed by atoms with Crippen LogP contribution in [0.4, 0.5) is 0 Å². The monoisotopic (exact) mass is 195 g/mol. The van der Waals surface area contributed by atoms with E-state index in [2.05, 4.69) is 0 Å². The number of phenolic OH excluding ortho intramolecular Hbond substituents is 2. The Balaban J connectivity index is 3.44. The maximum atomic E-state index is 11.0. The quantitative estimate of drug-likeness (QED) is 0.665. The Morgan fingerprint density at radius 1 is 1.36 bits per heavy atom. The second kappa shape index (κ2) is 3.57. The molecule has 0 aromatic heterocycles. The van der Waals surface area contributed by atoms with Gasteiger partial charge in [-0.2, -0.15) is 0 Å². The van der Waals surface area contributed by atoms with Crippen molar-refractivity contribution in [2.24, 2.45) is 5.73 Å². The maximum absolute atomic E-state index is 11.0. The van der Waals surface area contributed by atoms with E-state index in [-0.39, 0.29) is 23.0 Å². The number of hydrogen-bond acceptors (Lipinski definition) is 3. The number of rotatable bonds is 2. The SMILES string of the molecule is CC(C)c1c(O)cc(O)cc1C(N)=O. The Bertz CT molecular complexity index is 372. The molecule has 1 amide bonds. The Hall–Kier alpha value is -1.71. The van der Waals surface area contributed by atoms with Gasteiger partial charge in [-0.3, -0.25) is 4.79 Å². The first-order chi connectivity index (χ1) is 6.43. The number of phenols is 2. The minimum atomic E-state index is -0.653. The molecule has 14 heavy (non-hydrogen) atoms. The van der Waals surface area contributed by atoms with Gasteiger partial charge in [-0.15, -0.1) is 0 Å². The Morgan fingerprint density at radius 3 is 2.36 bits per heavy atom. The van der Waals surface area contributed by atoms with E-state index in [0.717, 1.165) is 0 Å². The fourth-order valence-electron chi connectivity index (χ4n) is 1.43. The standard InChI is InChI=1S/C10H13NO3/c1-5(2)9-7(10(11)14)3-6(12)4-8(9)13/h3-5,12-13H,1-2H3,(H2,11,14). The third kappa shape index (κ3) is 1.79. The molecule has 1 aromatic rings. The molecule has 0 fully saturated rings. The lowest BCUT2D eigenvalue weighted by molar-refractivity contribution is 0.0998. The summed E-state index contributed by atoms with van der Waals surface area (Å²) < 4.78 is 0. The van der Waals surface area contributed by atoms with E-state index in [9.17, 15) is 15.0 Å². The number of carbonyl (C=O) groups is 1. The zero-order valence-electron chi connectivity index (χ0n) is 8.11. The van der Waals surface area contributed by atoms with E-state index < -0.39 is 5.91 Å². The van der Waals surface area contributed by atoms with Crippen molar-refractivity contribution in [1.29, 1.82) is 0 Å². The summed E-state index contributed by atoms with van der Waals surface area (Å²) in [4.78, 5) is 11.0. The van der Waals surface area contributed by atoms with Crippen LogP contribution in [0.1, 0.15) is 35.7 Å². The van der Waals surface area contributed by atoms with Gasteiger partial charge in [0.15, 0.2) is 0 Å².